The van der Waals surface area contributed by atoms with Gasteiger partial charge in [0.15, 0.2) is 0 Å². The molecule has 0 aromatic heterocycles. The van der Waals surface area contributed by atoms with Gasteiger partial charge in [0.25, 0.3) is 0 Å². The van der Waals surface area contributed by atoms with Gasteiger partial charge in [-0.2, -0.15) is 0 Å². The third-order valence-electron chi connectivity index (χ3n) is 2.16. The summed E-state index contributed by atoms with van der Waals surface area (Å²) in [6.07, 6.45) is 13.8. The van der Waals surface area contributed by atoms with Crippen molar-refractivity contribution in [2.24, 2.45) is 0 Å². The predicted octanol–water partition coefficient (Wildman–Crippen LogP) is 4.32. The summed E-state index contributed by atoms with van der Waals surface area (Å²) in [5.41, 5.74) is 0. The lowest BCUT2D eigenvalue weighted by atomic mass is 10.2. The Kier molecular flexibility index (Phi) is 9.78. The number of allylic oxidation sites excluding steroid dienone is 4. The maximum atomic E-state index is 10.2. The molecule has 16 heavy (non-hydrogen) atoms. The fraction of sp³-hybridized carbons (Fsp3) is 0.643. The maximum Gasteiger partial charge on any atom is 0.303 e. The molecule has 0 radical (unpaired) electrons. The fourth-order valence-corrected chi connectivity index (χ4v) is 1.27. The lowest BCUT2D eigenvalue weighted by Gasteiger charge is -1.91. The molecule has 0 aromatic carbocycles. The largest absolute Gasteiger partial charge is 0.481 e. The van der Waals surface area contributed by atoms with Crippen molar-refractivity contribution in [3.05, 3.63) is 24.3 Å². The van der Waals surface area contributed by atoms with E-state index in [1.54, 1.807) is 0 Å². The van der Waals surface area contributed by atoms with Gasteiger partial charge in [-0.1, -0.05) is 44.1 Å². The van der Waals surface area contributed by atoms with Crippen LogP contribution >= 0.6 is 0 Å². The molecule has 0 aliphatic carbocycles. The highest BCUT2D eigenvalue weighted by Gasteiger charge is 1.92. The third-order valence-corrected chi connectivity index (χ3v) is 2.16. The van der Waals surface area contributed by atoms with Crippen molar-refractivity contribution in [3.8, 4) is 0 Å². The molecule has 1 N–H and O–H groups in total. The number of hydrogen-bond acceptors (Lipinski definition) is 1. The molecule has 2 heteroatoms. The molecule has 0 aromatic rings. The molecular weight excluding hydrogens is 200 g/mol. The van der Waals surface area contributed by atoms with Crippen molar-refractivity contribution in [1.82, 2.24) is 0 Å². The third kappa shape index (κ3) is 12.9. The summed E-state index contributed by atoms with van der Waals surface area (Å²) >= 11 is 0. The minimum Gasteiger partial charge on any atom is -0.481 e. The van der Waals surface area contributed by atoms with Crippen molar-refractivity contribution in [3.63, 3.8) is 0 Å². The van der Waals surface area contributed by atoms with Crippen LogP contribution in [0.15, 0.2) is 24.3 Å². The number of unbranched alkanes of at least 4 members (excludes halogenated alkanes) is 1. The first-order chi connectivity index (χ1) is 8.16. The van der Waals surface area contributed by atoms with Crippen LogP contribution < -0.4 is 0 Å². The quantitative estimate of drug-likeness (QED) is 0.444. The van der Waals surface area contributed by atoms with Crippen molar-refractivity contribution in [2.75, 3.05) is 0 Å². The van der Waals surface area contributed by atoms with Crippen LogP contribution in [0.5, 0.6) is 0 Å². The molecule has 2 nitrogen and oxygen atoms in total. The lowest BCUT2D eigenvalue weighted by Crippen LogP contribution is -1.92. The molecule has 0 bridgehead atoms. The first kappa shape index (κ1) is 13.0. The van der Waals surface area contributed by atoms with Gasteiger partial charge in [-0.3, -0.25) is 4.79 Å². The number of carbonyl (C=O) groups is 1. The van der Waals surface area contributed by atoms with Crippen LogP contribution in [0.25, 0.3) is 0 Å². The number of carboxylic acid groups (broad SMARTS) is 1. The van der Waals surface area contributed by atoms with Gasteiger partial charge in [-0.05, 0) is 32.1 Å². The van der Waals surface area contributed by atoms with Gasteiger partial charge in [0, 0.05) is 7.79 Å². The topological polar surface area (TPSA) is 37.3 Å². The summed E-state index contributed by atoms with van der Waals surface area (Å²) in [7, 11) is 0. The standard InChI is InChI=1S/C14H24O2/c1-2-3-4-5-6-7-8-9-10-11-12-13-14(15)16/h6-7,9-10H,2-5,8,11-13H2,1H3,(H,15,16)/b7-6-,10-9-/i4D. The predicted molar refractivity (Wildman–Crippen MR) is 68.5 cm³/mol. The SMILES string of the molecule is [2H]C(C/C=C\C/C=C\CCCC(=O)O)CCC. The summed E-state index contributed by atoms with van der Waals surface area (Å²) < 4.78 is 7.66. The Labute approximate surface area is 100 Å². The van der Waals surface area contributed by atoms with Crippen LogP contribution in [0, 0.1) is 0 Å². The highest BCUT2D eigenvalue weighted by atomic mass is 16.4. The molecule has 0 heterocycles. The lowest BCUT2D eigenvalue weighted by molar-refractivity contribution is -0.137. The Morgan fingerprint density at radius 1 is 1.19 bits per heavy atom. The molecule has 0 rings (SSSR count). The van der Waals surface area contributed by atoms with Crippen LogP contribution in [0.2, 0.25) is 0 Å². The van der Waals surface area contributed by atoms with Crippen LogP contribution in [-0.2, 0) is 4.79 Å². The van der Waals surface area contributed by atoms with Gasteiger partial charge >= 0.3 is 5.97 Å². The zero-order valence-corrected chi connectivity index (χ0v) is 10.2. The molecule has 0 spiro atoms. The van der Waals surface area contributed by atoms with Gasteiger partial charge in [0.2, 0.25) is 0 Å². The smallest absolute Gasteiger partial charge is 0.303 e. The minimum atomic E-state index is -0.726. The Bertz CT molecular complexity index is 247. The van der Waals surface area contributed by atoms with E-state index in [0.29, 0.717) is 6.42 Å². The van der Waals surface area contributed by atoms with E-state index >= 15 is 0 Å². The summed E-state index contributed by atoms with van der Waals surface area (Å²) in [5.74, 6) is -0.726. The summed E-state index contributed by atoms with van der Waals surface area (Å²) in [4.78, 5) is 10.2. The molecule has 92 valence electrons. The zero-order chi connectivity index (χ0) is 12.9. The fourth-order valence-electron chi connectivity index (χ4n) is 1.27. The minimum absolute atomic E-state index is 0.0378. The van der Waals surface area contributed by atoms with Crippen LogP contribution in [-0.4, -0.2) is 11.1 Å². The number of carboxylic acids is 1. The van der Waals surface area contributed by atoms with E-state index in [1.807, 2.05) is 6.08 Å². The van der Waals surface area contributed by atoms with Gasteiger partial charge < -0.3 is 5.11 Å². The summed E-state index contributed by atoms with van der Waals surface area (Å²) in [5, 5.41) is 8.43. The Balaban J connectivity index is 3.39. The van der Waals surface area contributed by atoms with E-state index in [9.17, 15) is 4.79 Å². The van der Waals surface area contributed by atoms with E-state index in [1.165, 1.54) is 0 Å². The average Bonchev–Trinajstić information content (AvgIpc) is 2.27. The summed E-state index contributed by atoms with van der Waals surface area (Å²) in [6.45, 7) is 2.10. The second-order valence-corrected chi connectivity index (χ2v) is 3.78. The Morgan fingerprint density at radius 2 is 1.88 bits per heavy atom. The molecule has 1 unspecified atom stereocenters. The average molecular weight is 225 g/mol. The Hall–Kier alpha value is -1.05. The second kappa shape index (κ2) is 12.0. The molecule has 0 fully saturated rings. The molecule has 1 atom stereocenters. The molecule has 0 saturated carbocycles. The molecule has 0 saturated heterocycles. The molecular formula is C14H24O2. The van der Waals surface area contributed by atoms with Crippen molar-refractivity contribution >= 4 is 5.97 Å². The number of aliphatic carboxylic acids is 1. The van der Waals surface area contributed by atoms with Crippen molar-refractivity contribution in [2.45, 2.75) is 58.3 Å². The number of rotatable bonds is 10. The van der Waals surface area contributed by atoms with Gasteiger partial charge in [0.05, 0.1) is 0 Å². The number of hydrogen-bond donors (Lipinski definition) is 1. The van der Waals surface area contributed by atoms with Crippen LogP contribution in [0.4, 0.5) is 0 Å². The van der Waals surface area contributed by atoms with E-state index in [0.717, 1.165) is 32.1 Å². The van der Waals surface area contributed by atoms with E-state index in [-0.39, 0.29) is 12.8 Å². The van der Waals surface area contributed by atoms with Crippen molar-refractivity contribution in [1.29, 1.82) is 0 Å². The Morgan fingerprint density at radius 3 is 2.50 bits per heavy atom. The van der Waals surface area contributed by atoms with E-state index in [4.69, 9.17) is 6.48 Å². The highest BCUT2D eigenvalue weighted by molar-refractivity contribution is 5.66. The summed E-state index contributed by atoms with van der Waals surface area (Å²) in [6, 6.07) is 0. The van der Waals surface area contributed by atoms with Gasteiger partial charge in [-0.15, -0.1) is 0 Å². The van der Waals surface area contributed by atoms with Crippen LogP contribution in [0.1, 0.15) is 59.6 Å². The monoisotopic (exact) mass is 225 g/mol. The first-order valence-corrected chi connectivity index (χ1v) is 6.10. The molecule has 0 aliphatic heterocycles. The zero-order valence-electron chi connectivity index (χ0n) is 11.2. The maximum absolute atomic E-state index is 10.2. The van der Waals surface area contributed by atoms with E-state index in [2.05, 4.69) is 25.2 Å². The second-order valence-electron chi connectivity index (χ2n) is 3.78. The van der Waals surface area contributed by atoms with Crippen LogP contribution in [0.3, 0.4) is 0 Å². The van der Waals surface area contributed by atoms with Gasteiger partial charge in [0.1, 0.15) is 0 Å². The molecule has 0 amide bonds. The van der Waals surface area contributed by atoms with Gasteiger partial charge in [-0.25, -0.2) is 0 Å². The highest BCUT2D eigenvalue weighted by Crippen LogP contribution is 2.01. The molecule has 0 aliphatic rings. The van der Waals surface area contributed by atoms with E-state index < -0.39 is 5.97 Å². The normalized spacial score (nSPS) is 14.4. The first-order valence-electron chi connectivity index (χ1n) is 6.68. The van der Waals surface area contributed by atoms with Crippen molar-refractivity contribution < 1.29 is 11.3 Å².